The van der Waals surface area contributed by atoms with Crippen LogP contribution in [-0.2, 0) is 4.79 Å². The van der Waals surface area contributed by atoms with Gasteiger partial charge in [0, 0.05) is 12.6 Å². The number of nitrogens with one attached hydrogen (secondary N) is 1. The fraction of sp³-hybridized carbons (Fsp3) is 0.800. The molecule has 3 nitrogen and oxygen atoms in total. The summed E-state index contributed by atoms with van der Waals surface area (Å²) in [6.07, 6.45) is 2.15. The first-order valence-electron chi connectivity index (χ1n) is 4.74. The molecule has 0 aliphatic heterocycles. The average Bonchev–Trinajstić information content (AvgIpc) is 2.20. The molecule has 3 heteroatoms. The van der Waals surface area contributed by atoms with Crippen molar-refractivity contribution in [3.05, 3.63) is 0 Å². The highest BCUT2D eigenvalue weighted by molar-refractivity contribution is 5.90. The highest BCUT2D eigenvalue weighted by Gasteiger charge is 2.33. The quantitative estimate of drug-likeness (QED) is 0.618. The van der Waals surface area contributed by atoms with Crippen LogP contribution in [0.4, 0.5) is 0 Å². The Labute approximate surface area is 79.6 Å². The van der Waals surface area contributed by atoms with Gasteiger partial charge in [-0.2, -0.15) is 5.10 Å². The van der Waals surface area contributed by atoms with Crippen LogP contribution in [-0.4, -0.2) is 11.6 Å². The fourth-order valence-electron chi connectivity index (χ4n) is 1.98. The zero-order valence-electron chi connectivity index (χ0n) is 8.85. The van der Waals surface area contributed by atoms with Gasteiger partial charge >= 0.3 is 0 Å². The summed E-state index contributed by atoms with van der Waals surface area (Å²) in [7, 11) is 0. The largest absolute Gasteiger partial charge is 0.274 e. The van der Waals surface area contributed by atoms with Crippen molar-refractivity contribution in [2.24, 2.45) is 16.4 Å². The van der Waals surface area contributed by atoms with Gasteiger partial charge in [-0.15, -0.1) is 0 Å². The summed E-state index contributed by atoms with van der Waals surface area (Å²) in [5.41, 5.74) is 3.97. The molecule has 1 atom stereocenters. The highest BCUT2D eigenvalue weighted by Crippen LogP contribution is 2.38. The SMILES string of the molecule is CC(=O)N/N=C1/CC(C)(C)CC1C. The lowest BCUT2D eigenvalue weighted by molar-refractivity contribution is -0.118. The molecule has 1 amide bonds. The Balaban J connectivity index is 2.62. The third kappa shape index (κ3) is 2.83. The molecular weight excluding hydrogens is 164 g/mol. The van der Waals surface area contributed by atoms with Crippen molar-refractivity contribution in [2.75, 3.05) is 0 Å². The van der Waals surface area contributed by atoms with E-state index in [9.17, 15) is 4.79 Å². The minimum absolute atomic E-state index is 0.0931. The number of carbonyl (C=O) groups is 1. The van der Waals surface area contributed by atoms with Crippen molar-refractivity contribution in [3.63, 3.8) is 0 Å². The summed E-state index contributed by atoms with van der Waals surface area (Å²) in [5.74, 6) is 0.409. The molecule has 1 fully saturated rings. The number of hydrogen-bond acceptors (Lipinski definition) is 2. The Kier molecular flexibility index (Phi) is 2.74. The molecule has 1 aliphatic carbocycles. The van der Waals surface area contributed by atoms with Gasteiger partial charge in [0.15, 0.2) is 0 Å². The summed E-state index contributed by atoms with van der Waals surface area (Å²) >= 11 is 0. The fourth-order valence-corrected chi connectivity index (χ4v) is 1.98. The Morgan fingerprint density at radius 1 is 1.62 bits per heavy atom. The Hall–Kier alpha value is -0.860. The second kappa shape index (κ2) is 3.48. The number of amides is 1. The molecule has 0 spiro atoms. The molecule has 74 valence electrons. The molecular formula is C10H18N2O. The van der Waals surface area contributed by atoms with Crippen LogP contribution < -0.4 is 5.43 Å². The van der Waals surface area contributed by atoms with E-state index in [0.29, 0.717) is 11.3 Å². The molecule has 1 unspecified atom stereocenters. The van der Waals surface area contributed by atoms with Crippen molar-refractivity contribution < 1.29 is 4.79 Å². The first kappa shape index (κ1) is 10.2. The van der Waals surface area contributed by atoms with E-state index < -0.39 is 0 Å². The van der Waals surface area contributed by atoms with Crippen molar-refractivity contribution in [1.82, 2.24) is 5.43 Å². The van der Waals surface area contributed by atoms with Crippen LogP contribution in [0.2, 0.25) is 0 Å². The molecule has 1 rings (SSSR count). The van der Waals surface area contributed by atoms with Gasteiger partial charge in [0.25, 0.3) is 0 Å². The monoisotopic (exact) mass is 182 g/mol. The predicted octanol–water partition coefficient (Wildman–Crippen LogP) is 1.93. The Morgan fingerprint density at radius 3 is 2.62 bits per heavy atom. The van der Waals surface area contributed by atoms with E-state index >= 15 is 0 Å². The van der Waals surface area contributed by atoms with Gasteiger partial charge in [-0.05, 0) is 24.2 Å². The molecule has 1 aliphatic rings. The van der Waals surface area contributed by atoms with Crippen LogP contribution in [0, 0.1) is 11.3 Å². The molecule has 13 heavy (non-hydrogen) atoms. The van der Waals surface area contributed by atoms with Gasteiger partial charge in [-0.25, -0.2) is 5.43 Å². The van der Waals surface area contributed by atoms with Crippen LogP contribution in [0.25, 0.3) is 0 Å². The molecule has 0 radical (unpaired) electrons. The maximum absolute atomic E-state index is 10.7. The van der Waals surface area contributed by atoms with E-state index in [-0.39, 0.29) is 5.91 Å². The van der Waals surface area contributed by atoms with E-state index in [4.69, 9.17) is 0 Å². The third-order valence-corrected chi connectivity index (χ3v) is 2.44. The molecule has 0 aromatic rings. The van der Waals surface area contributed by atoms with Crippen LogP contribution in [0.5, 0.6) is 0 Å². The first-order chi connectivity index (χ1) is 5.91. The second-order valence-electron chi connectivity index (χ2n) is 4.72. The van der Waals surface area contributed by atoms with E-state index in [0.717, 1.165) is 18.6 Å². The predicted molar refractivity (Wildman–Crippen MR) is 53.4 cm³/mol. The lowest BCUT2D eigenvalue weighted by Crippen LogP contribution is -2.17. The maximum atomic E-state index is 10.7. The maximum Gasteiger partial charge on any atom is 0.236 e. The van der Waals surface area contributed by atoms with Gasteiger partial charge < -0.3 is 0 Å². The average molecular weight is 182 g/mol. The molecule has 0 saturated heterocycles. The molecule has 0 aromatic heterocycles. The van der Waals surface area contributed by atoms with Crippen molar-refractivity contribution in [3.8, 4) is 0 Å². The number of rotatable bonds is 1. The summed E-state index contributed by atoms with van der Waals surface area (Å²) in [6, 6.07) is 0. The Bertz CT molecular complexity index is 243. The third-order valence-electron chi connectivity index (χ3n) is 2.44. The van der Waals surface area contributed by atoms with Crippen molar-refractivity contribution in [1.29, 1.82) is 0 Å². The normalized spacial score (nSPS) is 29.2. The molecule has 0 heterocycles. The summed E-state index contributed by atoms with van der Waals surface area (Å²) in [6.45, 7) is 8.11. The van der Waals surface area contributed by atoms with E-state index in [1.165, 1.54) is 6.92 Å². The molecule has 1 N–H and O–H groups in total. The van der Waals surface area contributed by atoms with Gasteiger partial charge in [0.2, 0.25) is 5.91 Å². The van der Waals surface area contributed by atoms with Crippen LogP contribution >= 0.6 is 0 Å². The minimum Gasteiger partial charge on any atom is -0.274 e. The zero-order chi connectivity index (χ0) is 10.1. The lowest BCUT2D eigenvalue weighted by Gasteiger charge is -2.14. The van der Waals surface area contributed by atoms with E-state index in [1.807, 2.05) is 0 Å². The second-order valence-corrected chi connectivity index (χ2v) is 4.72. The van der Waals surface area contributed by atoms with Crippen molar-refractivity contribution in [2.45, 2.75) is 40.5 Å². The van der Waals surface area contributed by atoms with Gasteiger partial charge in [-0.3, -0.25) is 4.79 Å². The number of hydrogen-bond donors (Lipinski definition) is 1. The van der Waals surface area contributed by atoms with E-state index in [2.05, 4.69) is 31.3 Å². The standard InChI is InChI=1S/C10H18N2O/c1-7-5-10(3,4)6-9(7)12-11-8(2)13/h7H,5-6H2,1-4H3,(H,11,13)/b12-9-. The van der Waals surface area contributed by atoms with Gasteiger partial charge in [0.1, 0.15) is 0 Å². The summed E-state index contributed by atoms with van der Waals surface area (Å²) < 4.78 is 0. The topological polar surface area (TPSA) is 41.5 Å². The lowest BCUT2D eigenvalue weighted by atomic mass is 9.91. The summed E-state index contributed by atoms with van der Waals surface area (Å²) in [5, 5.41) is 4.12. The molecule has 1 saturated carbocycles. The molecule has 0 bridgehead atoms. The smallest absolute Gasteiger partial charge is 0.236 e. The Morgan fingerprint density at radius 2 is 2.23 bits per heavy atom. The van der Waals surface area contributed by atoms with Crippen LogP contribution in [0.1, 0.15) is 40.5 Å². The van der Waals surface area contributed by atoms with E-state index in [1.54, 1.807) is 0 Å². The van der Waals surface area contributed by atoms with Gasteiger partial charge in [0.05, 0.1) is 0 Å². The van der Waals surface area contributed by atoms with Crippen LogP contribution in [0.3, 0.4) is 0 Å². The number of hydrazone groups is 1. The molecule has 0 aromatic carbocycles. The first-order valence-corrected chi connectivity index (χ1v) is 4.74. The summed E-state index contributed by atoms with van der Waals surface area (Å²) in [4.78, 5) is 10.7. The zero-order valence-corrected chi connectivity index (χ0v) is 8.85. The number of carbonyl (C=O) groups excluding carboxylic acids is 1. The van der Waals surface area contributed by atoms with Crippen LogP contribution in [0.15, 0.2) is 5.10 Å². The highest BCUT2D eigenvalue weighted by atomic mass is 16.2. The minimum atomic E-state index is -0.0931. The number of nitrogens with zero attached hydrogens (tertiary/aromatic N) is 1. The van der Waals surface area contributed by atoms with Crippen molar-refractivity contribution >= 4 is 11.6 Å². The van der Waals surface area contributed by atoms with Gasteiger partial charge in [-0.1, -0.05) is 20.8 Å².